The maximum Gasteiger partial charge on any atom is 0.329 e. The fourth-order valence-electron chi connectivity index (χ4n) is 10.6. The van der Waals surface area contributed by atoms with Crippen LogP contribution in [0.2, 0.25) is 0 Å². The molecule has 1 saturated carbocycles. The van der Waals surface area contributed by atoms with Crippen LogP contribution in [-0.2, 0) is 58.8 Å². The molecule has 1 aromatic heterocycles. The minimum atomic E-state index is -2.58. The van der Waals surface area contributed by atoms with Crippen molar-refractivity contribution in [3.8, 4) is 0 Å². The van der Waals surface area contributed by atoms with E-state index in [0.717, 1.165) is 11.3 Å². The number of ketones is 2. The molecule has 398 valence electrons. The lowest BCUT2D eigenvalue weighted by atomic mass is 9.81. The second-order valence-corrected chi connectivity index (χ2v) is 21.3. The van der Waals surface area contributed by atoms with Crippen LogP contribution in [0, 0.1) is 23.7 Å². The highest BCUT2D eigenvalue weighted by Crippen LogP contribution is 2.39. The van der Waals surface area contributed by atoms with Crippen LogP contribution in [0.25, 0.3) is 0 Å². The van der Waals surface area contributed by atoms with Crippen LogP contribution in [0.5, 0.6) is 0 Å². The normalized spacial score (nSPS) is 35.1. The zero-order valence-electron chi connectivity index (χ0n) is 43.1. The van der Waals surface area contributed by atoms with Crippen molar-refractivity contribution >= 4 is 41.1 Å². The van der Waals surface area contributed by atoms with Crippen molar-refractivity contribution in [2.75, 3.05) is 53.0 Å². The molecule has 17 nitrogen and oxygen atoms in total. The van der Waals surface area contributed by atoms with Gasteiger partial charge in [-0.15, -0.1) is 0 Å². The smallest absolute Gasteiger partial charge is 0.329 e. The summed E-state index contributed by atoms with van der Waals surface area (Å²) < 4.78 is 36.0. The summed E-state index contributed by atoms with van der Waals surface area (Å²) in [5.74, 6) is -6.83. The van der Waals surface area contributed by atoms with E-state index in [4.69, 9.17) is 28.4 Å². The van der Waals surface area contributed by atoms with Gasteiger partial charge in [-0.3, -0.25) is 24.2 Å². The number of carbonyl (C=O) groups is 5. The number of methoxy groups -OCH3 is 4. The number of aliphatic hydroxyl groups is 3. The molecular formula is C53H81N3O14S. The molecule has 4 aliphatic rings. The Morgan fingerprint density at radius 1 is 0.930 bits per heavy atom. The molecule has 3 aliphatic heterocycles. The van der Waals surface area contributed by atoms with Crippen molar-refractivity contribution in [2.24, 2.45) is 23.7 Å². The number of carbonyl (C=O) groups excluding carboxylic acids is 5. The molecule has 2 bridgehead atoms. The predicted octanol–water partition coefficient (Wildman–Crippen LogP) is 4.71. The van der Waals surface area contributed by atoms with E-state index in [0.29, 0.717) is 74.9 Å². The second kappa shape index (κ2) is 28.2. The van der Waals surface area contributed by atoms with E-state index >= 15 is 0 Å². The van der Waals surface area contributed by atoms with Gasteiger partial charge in [0.15, 0.2) is 0 Å². The Morgan fingerprint density at radius 2 is 1.66 bits per heavy atom. The Morgan fingerprint density at radius 3 is 2.35 bits per heavy atom. The summed E-state index contributed by atoms with van der Waals surface area (Å²) in [6.07, 6.45) is 4.24. The number of nitrogens with zero attached hydrogens (tertiary/aromatic N) is 2. The third kappa shape index (κ3) is 16.0. The monoisotopic (exact) mass is 1020 g/mol. The number of pyridine rings is 1. The van der Waals surface area contributed by atoms with E-state index in [1.165, 1.54) is 19.1 Å². The number of hydrogen-bond acceptors (Lipinski definition) is 16. The van der Waals surface area contributed by atoms with Crippen molar-refractivity contribution in [1.82, 2.24) is 15.2 Å². The molecule has 0 radical (unpaired) electrons. The Hall–Kier alpha value is -3.59. The minimum Gasteiger partial charge on any atom is -0.456 e. The molecule has 5 rings (SSSR count). The van der Waals surface area contributed by atoms with Gasteiger partial charge in [0.2, 0.25) is 11.7 Å². The van der Waals surface area contributed by atoms with Crippen LogP contribution in [0.1, 0.15) is 110 Å². The third-order valence-electron chi connectivity index (χ3n) is 15.0. The van der Waals surface area contributed by atoms with E-state index < -0.39 is 90.0 Å². The molecule has 0 aromatic carbocycles. The summed E-state index contributed by atoms with van der Waals surface area (Å²) in [4.78, 5) is 75.7. The third-order valence-corrected chi connectivity index (χ3v) is 16.0. The topological polar surface area (TPSA) is 230 Å². The zero-order chi connectivity index (χ0) is 51.8. The first kappa shape index (κ1) is 58.3. The average Bonchev–Trinajstić information content (AvgIpc) is 3.36. The lowest BCUT2D eigenvalue weighted by Crippen LogP contribution is -2.64. The summed E-state index contributed by atoms with van der Waals surface area (Å²) in [6, 6.07) is 4.27. The number of rotatable bonds is 15. The number of thioether (sulfide) groups is 1. The number of amides is 2. The summed E-state index contributed by atoms with van der Waals surface area (Å²) >= 11 is 1.67. The van der Waals surface area contributed by atoms with Gasteiger partial charge >= 0.3 is 5.97 Å². The van der Waals surface area contributed by atoms with E-state index in [-0.39, 0.29) is 62.4 Å². The number of cyclic esters (lactones) is 1. The van der Waals surface area contributed by atoms with Gasteiger partial charge < -0.3 is 54.0 Å². The van der Waals surface area contributed by atoms with Gasteiger partial charge in [0.1, 0.15) is 24.0 Å². The lowest BCUT2D eigenvalue weighted by molar-refractivity contribution is -0.303. The van der Waals surface area contributed by atoms with Crippen molar-refractivity contribution in [2.45, 2.75) is 172 Å². The molecule has 18 heteroatoms. The molecule has 2 amide bonds. The number of aliphatic hydroxyl groups excluding tert-OH is 2. The molecule has 14 atom stereocenters. The minimum absolute atomic E-state index is 0.0461. The molecule has 2 saturated heterocycles. The van der Waals surface area contributed by atoms with Crippen LogP contribution in [0.15, 0.2) is 47.7 Å². The highest BCUT2D eigenvalue weighted by atomic mass is 32.2. The number of piperidine rings is 1. The van der Waals surface area contributed by atoms with Crippen LogP contribution >= 0.6 is 11.8 Å². The molecule has 1 aliphatic carbocycles. The molecule has 4 heterocycles. The summed E-state index contributed by atoms with van der Waals surface area (Å²) in [7, 11) is 6.12. The number of Topliss-reactive ketones (excluding diaryl/α,β-unsaturated/α-hetero) is 2. The standard InChI is InChI=1S/C53H81N3O14S/c1-32-24-37(14-13-22-71-23-20-55-47(60)29-38-15-9-11-19-54-38)43(59)31-42(58)35(4)48(33(2)26-36-17-18-41(57)44(28-36)66-6)69-52(63)40-16-10-12-21-56(40)51(62)50(61)53(64)34(3)27-45(67-7)49(70-53)46(68-8)30-39(25-32)65-5/h9,11,15,19,24,26,34-37,39-42,44-46,48-49,57-58,64H,10,12-14,16-18,20-23,25,27-31H2,1-8H3,(H,55,60)/b32-24+,33-26+/t34-,35-,36+,37-,39+,40+,41-,42+,44-,45+,46+,48-,49+,53-/m1/s1. The van der Waals surface area contributed by atoms with Crippen molar-refractivity contribution < 1.29 is 67.7 Å². The summed E-state index contributed by atoms with van der Waals surface area (Å²) in [5, 5.41) is 37.7. The van der Waals surface area contributed by atoms with Crippen molar-refractivity contribution in [3.05, 3.63) is 53.4 Å². The number of esters is 1. The molecule has 3 fully saturated rings. The van der Waals surface area contributed by atoms with E-state index in [1.54, 1.807) is 52.1 Å². The van der Waals surface area contributed by atoms with E-state index in [9.17, 15) is 39.3 Å². The first-order valence-electron chi connectivity index (χ1n) is 25.5. The lowest BCUT2D eigenvalue weighted by Gasteiger charge is -2.47. The van der Waals surface area contributed by atoms with E-state index in [2.05, 4.69) is 10.3 Å². The number of allylic oxidation sites excluding steroid dienone is 2. The van der Waals surface area contributed by atoms with Crippen molar-refractivity contribution in [3.63, 3.8) is 0 Å². The van der Waals surface area contributed by atoms with Gasteiger partial charge in [-0.25, -0.2) is 4.79 Å². The summed E-state index contributed by atoms with van der Waals surface area (Å²) in [5.41, 5.74) is 2.18. The zero-order valence-corrected chi connectivity index (χ0v) is 43.9. The van der Waals surface area contributed by atoms with Gasteiger partial charge in [-0.1, -0.05) is 37.6 Å². The Kier molecular flexibility index (Phi) is 23.1. The van der Waals surface area contributed by atoms with Crippen LogP contribution in [0.4, 0.5) is 0 Å². The maximum atomic E-state index is 14.5. The first-order chi connectivity index (χ1) is 33.9. The molecule has 0 spiro atoms. The average molecular weight is 1020 g/mol. The fourth-order valence-corrected chi connectivity index (χ4v) is 11.5. The largest absolute Gasteiger partial charge is 0.456 e. The first-order valence-corrected chi connectivity index (χ1v) is 26.7. The molecular weight excluding hydrogens is 935 g/mol. The predicted molar refractivity (Wildman–Crippen MR) is 267 cm³/mol. The Bertz CT molecular complexity index is 1970. The van der Waals surface area contributed by atoms with Crippen molar-refractivity contribution in [1.29, 1.82) is 0 Å². The molecule has 0 unspecified atom stereocenters. The van der Waals surface area contributed by atoms with Gasteiger partial charge in [-0.05, 0) is 107 Å². The Labute approximate surface area is 424 Å². The SMILES string of the molecule is CO[C@H]1C/C(C)=C/[C@@H](CCCSCCNC(=O)Cc2ccccn2)C(=O)C[C@H](O)[C@@H](C)[C@@H](/C(C)=C/[C@@H]2CC[C@@H](O)[C@H](OC)C2)OC(=O)[C@@H]2CCCCN2C(=O)C(=O)[C@]2(O)O[C@H]([C@@H](OC)C1)[C@@H](OC)C[C@H]2C. The van der Waals surface area contributed by atoms with Gasteiger partial charge in [-0.2, -0.15) is 11.8 Å². The number of aromatic nitrogens is 1. The quantitative estimate of drug-likeness (QED) is 0.0807. The van der Waals surface area contributed by atoms with Crippen LogP contribution in [0.3, 0.4) is 0 Å². The van der Waals surface area contributed by atoms with Gasteiger partial charge in [0.05, 0.1) is 43.0 Å². The van der Waals surface area contributed by atoms with Crippen LogP contribution in [-0.4, -0.2) is 168 Å². The molecule has 4 N–H and O–H groups in total. The maximum absolute atomic E-state index is 14.5. The molecule has 1 aromatic rings. The second-order valence-electron chi connectivity index (χ2n) is 20.1. The number of ether oxygens (including phenoxy) is 6. The van der Waals surface area contributed by atoms with Gasteiger partial charge in [0.25, 0.3) is 11.7 Å². The summed E-state index contributed by atoms with van der Waals surface area (Å²) in [6.45, 7) is 7.61. The highest BCUT2D eigenvalue weighted by Gasteiger charge is 2.57. The van der Waals surface area contributed by atoms with E-state index in [1.807, 2.05) is 38.1 Å². The fraction of sp³-hybridized carbons (Fsp3) is 0.736. The van der Waals surface area contributed by atoms with Gasteiger partial charge in [0, 0.05) is 89.8 Å². The van der Waals surface area contributed by atoms with Crippen LogP contribution < -0.4 is 5.32 Å². The Balaban J connectivity index is 1.45. The molecule has 71 heavy (non-hydrogen) atoms. The number of nitrogens with one attached hydrogen (secondary N) is 1. The number of hydrogen-bond donors (Lipinski definition) is 4. The number of fused-ring (bicyclic) bond motifs is 3. The highest BCUT2D eigenvalue weighted by molar-refractivity contribution is 7.99.